The summed E-state index contributed by atoms with van der Waals surface area (Å²) >= 11 is 0. The van der Waals surface area contributed by atoms with Crippen molar-refractivity contribution in [2.75, 3.05) is 14.2 Å². The Bertz CT molecular complexity index is 849. The highest BCUT2D eigenvalue weighted by molar-refractivity contribution is 14.0. The fraction of sp³-hybridized carbons (Fsp3) is 0.211. The number of aromatic amines is 1. The molecule has 0 spiro atoms. The molecule has 3 aromatic rings. The Morgan fingerprint density at radius 3 is 2.44 bits per heavy atom. The van der Waals surface area contributed by atoms with Gasteiger partial charge in [-0.1, -0.05) is 30.3 Å². The Morgan fingerprint density at radius 1 is 1.07 bits per heavy atom. The van der Waals surface area contributed by atoms with Crippen LogP contribution in [0.3, 0.4) is 0 Å². The van der Waals surface area contributed by atoms with Crippen LogP contribution in [0.5, 0.6) is 5.75 Å². The van der Waals surface area contributed by atoms with Gasteiger partial charge in [0.25, 0.3) is 0 Å². The molecule has 8 heteroatoms. The second kappa shape index (κ2) is 10.5. The smallest absolute Gasteiger partial charge is 0.191 e. The maximum atomic E-state index is 5.17. The van der Waals surface area contributed by atoms with Gasteiger partial charge in [-0.05, 0) is 29.3 Å². The van der Waals surface area contributed by atoms with Crippen LogP contribution in [-0.4, -0.2) is 35.3 Å². The zero-order valence-corrected chi connectivity index (χ0v) is 17.6. The van der Waals surface area contributed by atoms with E-state index in [-0.39, 0.29) is 24.0 Å². The standard InChI is InChI=1S/C19H22N6O.HI/c1-20-19(21-11-14-6-8-17(26-2)9-7-14)22-12-15-4-3-5-16(10-15)18-23-13-24-25-18;/h3-10,13H,11-12H2,1-2H3,(H2,20,21,22)(H,23,24,25);1H. The lowest BCUT2D eigenvalue weighted by Gasteiger charge is -2.12. The van der Waals surface area contributed by atoms with Gasteiger partial charge in [0.2, 0.25) is 0 Å². The number of ether oxygens (including phenoxy) is 1. The predicted octanol–water partition coefficient (Wildman–Crippen LogP) is 2.96. The number of aromatic nitrogens is 3. The molecule has 0 radical (unpaired) electrons. The molecule has 0 atom stereocenters. The van der Waals surface area contributed by atoms with E-state index >= 15 is 0 Å². The van der Waals surface area contributed by atoms with Crippen molar-refractivity contribution in [1.82, 2.24) is 25.8 Å². The fourth-order valence-corrected chi connectivity index (χ4v) is 2.51. The Balaban J connectivity index is 0.00000261. The summed E-state index contributed by atoms with van der Waals surface area (Å²) in [6, 6.07) is 16.1. The number of hydrogen-bond acceptors (Lipinski definition) is 4. The lowest BCUT2D eigenvalue weighted by molar-refractivity contribution is 0.414. The van der Waals surface area contributed by atoms with Crippen LogP contribution in [0.15, 0.2) is 59.9 Å². The molecule has 0 aliphatic carbocycles. The SMILES string of the molecule is CN=C(NCc1ccc(OC)cc1)NCc1cccc(-c2ncn[nH]2)c1.I. The van der Waals surface area contributed by atoms with Crippen LogP contribution in [-0.2, 0) is 13.1 Å². The Labute approximate surface area is 175 Å². The van der Waals surface area contributed by atoms with E-state index in [0.717, 1.165) is 34.2 Å². The molecule has 1 aromatic heterocycles. The molecule has 0 amide bonds. The number of hydrogen-bond donors (Lipinski definition) is 3. The van der Waals surface area contributed by atoms with Gasteiger partial charge in [-0.3, -0.25) is 10.1 Å². The van der Waals surface area contributed by atoms with Crippen LogP contribution in [0.25, 0.3) is 11.4 Å². The van der Waals surface area contributed by atoms with Gasteiger partial charge in [0.1, 0.15) is 12.1 Å². The number of nitrogens with zero attached hydrogens (tertiary/aromatic N) is 3. The van der Waals surface area contributed by atoms with E-state index in [2.05, 4.69) is 42.9 Å². The van der Waals surface area contributed by atoms with Crippen molar-refractivity contribution in [3.8, 4) is 17.1 Å². The summed E-state index contributed by atoms with van der Waals surface area (Å²) in [7, 11) is 3.42. The highest BCUT2D eigenvalue weighted by Gasteiger charge is 2.03. The van der Waals surface area contributed by atoms with E-state index in [4.69, 9.17) is 4.74 Å². The van der Waals surface area contributed by atoms with Crippen molar-refractivity contribution in [3.63, 3.8) is 0 Å². The Hall–Kier alpha value is -2.62. The molecule has 0 saturated heterocycles. The maximum Gasteiger partial charge on any atom is 0.191 e. The van der Waals surface area contributed by atoms with Gasteiger partial charge in [0.15, 0.2) is 11.8 Å². The van der Waals surface area contributed by atoms with Crippen molar-refractivity contribution >= 4 is 29.9 Å². The number of nitrogens with one attached hydrogen (secondary N) is 3. The van der Waals surface area contributed by atoms with Gasteiger partial charge in [-0.15, -0.1) is 24.0 Å². The summed E-state index contributed by atoms with van der Waals surface area (Å²) in [6.45, 7) is 1.34. The third-order valence-corrected chi connectivity index (χ3v) is 3.92. The number of H-pyrrole nitrogens is 1. The van der Waals surface area contributed by atoms with Crippen molar-refractivity contribution < 1.29 is 4.74 Å². The first-order chi connectivity index (χ1) is 12.8. The topological polar surface area (TPSA) is 87.2 Å². The minimum atomic E-state index is 0. The third kappa shape index (κ3) is 5.95. The Morgan fingerprint density at radius 2 is 1.81 bits per heavy atom. The largest absolute Gasteiger partial charge is 0.497 e. The lowest BCUT2D eigenvalue weighted by atomic mass is 10.1. The summed E-state index contributed by atoms with van der Waals surface area (Å²) in [5.74, 6) is 2.35. The van der Waals surface area contributed by atoms with Crippen LogP contribution in [0.4, 0.5) is 0 Å². The predicted molar refractivity (Wildman–Crippen MR) is 117 cm³/mol. The van der Waals surface area contributed by atoms with Crippen LogP contribution >= 0.6 is 24.0 Å². The molecule has 2 aromatic carbocycles. The van der Waals surface area contributed by atoms with Gasteiger partial charge in [0.05, 0.1) is 7.11 Å². The summed E-state index contributed by atoms with van der Waals surface area (Å²) < 4.78 is 5.17. The molecular weight excluding hydrogens is 455 g/mol. The third-order valence-electron chi connectivity index (χ3n) is 3.92. The monoisotopic (exact) mass is 478 g/mol. The van der Waals surface area contributed by atoms with Crippen LogP contribution in [0.1, 0.15) is 11.1 Å². The first kappa shape index (κ1) is 20.7. The highest BCUT2D eigenvalue weighted by Crippen LogP contribution is 2.15. The number of methoxy groups -OCH3 is 1. The van der Waals surface area contributed by atoms with E-state index in [0.29, 0.717) is 13.1 Å². The van der Waals surface area contributed by atoms with Gasteiger partial charge in [-0.25, -0.2) is 4.98 Å². The maximum absolute atomic E-state index is 5.17. The van der Waals surface area contributed by atoms with Crippen molar-refractivity contribution in [2.45, 2.75) is 13.1 Å². The highest BCUT2D eigenvalue weighted by atomic mass is 127. The summed E-state index contributed by atoms with van der Waals surface area (Å²) in [5, 5.41) is 13.4. The summed E-state index contributed by atoms with van der Waals surface area (Å²) in [5.41, 5.74) is 3.29. The number of halogens is 1. The Kier molecular flexibility index (Phi) is 8.05. The second-order valence-corrected chi connectivity index (χ2v) is 5.66. The van der Waals surface area contributed by atoms with Crippen LogP contribution in [0.2, 0.25) is 0 Å². The minimum absolute atomic E-state index is 0. The molecule has 3 N–H and O–H groups in total. The molecular formula is C19H23IN6O. The van der Waals surface area contributed by atoms with Crippen LogP contribution in [0, 0.1) is 0 Å². The first-order valence-electron chi connectivity index (χ1n) is 8.30. The van der Waals surface area contributed by atoms with Gasteiger partial charge in [-0.2, -0.15) is 5.10 Å². The normalized spacial score (nSPS) is 10.8. The zero-order chi connectivity index (χ0) is 18.2. The van der Waals surface area contributed by atoms with Crippen molar-refractivity contribution in [3.05, 3.63) is 66.0 Å². The zero-order valence-electron chi connectivity index (χ0n) is 15.3. The number of rotatable bonds is 6. The van der Waals surface area contributed by atoms with E-state index in [1.165, 1.54) is 6.33 Å². The number of aliphatic imine (C=N–C) groups is 1. The fourth-order valence-electron chi connectivity index (χ4n) is 2.51. The number of benzene rings is 2. The van der Waals surface area contributed by atoms with E-state index in [1.54, 1.807) is 14.2 Å². The van der Waals surface area contributed by atoms with E-state index in [1.807, 2.05) is 36.4 Å². The average molecular weight is 478 g/mol. The quantitative estimate of drug-likeness (QED) is 0.288. The van der Waals surface area contributed by atoms with Crippen molar-refractivity contribution in [1.29, 1.82) is 0 Å². The summed E-state index contributed by atoms with van der Waals surface area (Å²) in [6.07, 6.45) is 1.51. The molecule has 1 heterocycles. The van der Waals surface area contributed by atoms with Crippen molar-refractivity contribution in [2.24, 2.45) is 4.99 Å². The number of guanidine groups is 1. The van der Waals surface area contributed by atoms with Crippen LogP contribution < -0.4 is 15.4 Å². The molecule has 0 aliphatic heterocycles. The first-order valence-corrected chi connectivity index (χ1v) is 8.30. The molecule has 0 fully saturated rings. The van der Waals surface area contributed by atoms with E-state index in [9.17, 15) is 0 Å². The second-order valence-electron chi connectivity index (χ2n) is 5.66. The molecule has 3 rings (SSSR count). The molecule has 0 bridgehead atoms. The molecule has 0 saturated carbocycles. The average Bonchev–Trinajstić information content (AvgIpc) is 3.24. The lowest BCUT2D eigenvalue weighted by Crippen LogP contribution is -2.36. The van der Waals surface area contributed by atoms with E-state index < -0.39 is 0 Å². The molecule has 0 aliphatic rings. The molecule has 142 valence electrons. The summed E-state index contributed by atoms with van der Waals surface area (Å²) in [4.78, 5) is 8.45. The van der Waals surface area contributed by atoms with Gasteiger partial charge >= 0.3 is 0 Å². The molecule has 0 unspecified atom stereocenters. The minimum Gasteiger partial charge on any atom is -0.497 e. The van der Waals surface area contributed by atoms with Gasteiger partial charge < -0.3 is 15.4 Å². The molecule has 7 nitrogen and oxygen atoms in total. The molecule has 27 heavy (non-hydrogen) atoms. The van der Waals surface area contributed by atoms with Gasteiger partial charge in [0, 0.05) is 25.7 Å².